The van der Waals surface area contributed by atoms with Crippen molar-refractivity contribution in [3.8, 4) is 0 Å². The summed E-state index contributed by atoms with van der Waals surface area (Å²) in [5, 5.41) is 11.6. The van der Waals surface area contributed by atoms with E-state index in [4.69, 9.17) is 9.84 Å². The van der Waals surface area contributed by atoms with Crippen LogP contribution in [0.5, 0.6) is 0 Å². The van der Waals surface area contributed by atoms with Crippen LogP contribution in [0.15, 0.2) is 0 Å². The minimum atomic E-state index is -0.928. The number of amides is 1. The molecule has 1 amide bonds. The number of nitrogens with one attached hydrogen (secondary N) is 1. The zero-order chi connectivity index (χ0) is 13.1. The Morgan fingerprint density at radius 1 is 1.56 bits per heavy atom. The largest absolute Gasteiger partial charge is 0.481 e. The van der Waals surface area contributed by atoms with E-state index in [1.807, 2.05) is 11.8 Å². The van der Waals surface area contributed by atoms with Crippen molar-refractivity contribution in [1.29, 1.82) is 0 Å². The summed E-state index contributed by atoms with van der Waals surface area (Å²) in [5.41, 5.74) is 0. The van der Waals surface area contributed by atoms with Crippen molar-refractivity contribution in [1.82, 2.24) is 10.2 Å². The van der Waals surface area contributed by atoms with Gasteiger partial charge in [0.15, 0.2) is 0 Å². The molecule has 0 spiro atoms. The molecule has 2 N–H and O–H groups in total. The number of hydrogen-bond donors (Lipinski definition) is 2. The standard InChI is InChI=1S/C12H20N2O4/c1-2-18-9-5-8(6-9)14-4-3-13-12(17)10(14)7-11(15)16/h8-10H,2-7H2,1H3,(H,13,17)(H,15,16). The number of nitrogens with zero attached hydrogens (tertiary/aromatic N) is 1. The van der Waals surface area contributed by atoms with Gasteiger partial charge in [0, 0.05) is 25.7 Å². The molecule has 2 aliphatic rings. The molecule has 6 nitrogen and oxygen atoms in total. The first kappa shape index (κ1) is 13.3. The highest BCUT2D eigenvalue weighted by Crippen LogP contribution is 2.31. The number of piperazine rings is 1. The van der Waals surface area contributed by atoms with Gasteiger partial charge in [-0.05, 0) is 19.8 Å². The fourth-order valence-corrected chi connectivity index (χ4v) is 2.73. The van der Waals surface area contributed by atoms with Gasteiger partial charge in [0.25, 0.3) is 0 Å². The molecule has 1 atom stereocenters. The molecular weight excluding hydrogens is 236 g/mol. The molecule has 0 radical (unpaired) electrons. The van der Waals surface area contributed by atoms with E-state index < -0.39 is 12.0 Å². The first-order chi connectivity index (χ1) is 8.61. The highest BCUT2D eigenvalue weighted by atomic mass is 16.5. The number of rotatable bonds is 5. The van der Waals surface area contributed by atoms with E-state index in [-0.39, 0.29) is 24.5 Å². The Labute approximate surface area is 106 Å². The zero-order valence-electron chi connectivity index (χ0n) is 10.6. The number of carboxylic acids is 1. The van der Waals surface area contributed by atoms with Gasteiger partial charge in [0.1, 0.15) is 0 Å². The quantitative estimate of drug-likeness (QED) is 0.714. The Kier molecular flexibility index (Phi) is 4.19. The fraction of sp³-hybridized carbons (Fsp3) is 0.833. The summed E-state index contributed by atoms with van der Waals surface area (Å²) in [5.74, 6) is -1.09. The summed E-state index contributed by atoms with van der Waals surface area (Å²) < 4.78 is 5.50. The molecule has 1 heterocycles. The smallest absolute Gasteiger partial charge is 0.305 e. The number of aliphatic carboxylic acids is 1. The van der Waals surface area contributed by atoms with Crippen LogP contribution in [0.4, 0.5) is 0 Å². The zero-order valence-corrected chi connectivity index (χ0v) is 10.6. The number of carbonyl (C=O) groups excluding carboxylic acids is 1. The topological polar surface area (TPSA) is 78.9 Å². The molecule has 2 rings (SSSR count). The van der Waals surface area contributed by atoms with Crippen molar-refractivity contribution < 1.29 is 19.4 Å². The molecule has 1 saturated heterocycles. The van der Waals surface area contributed by atoms with Gasteiger partial charge in [0.2, 0.25) is 5.91 Å². The van der Waals surface area contributed by atoms with E-state index in [0.29, 0.717) is 13.2 Å². The van der Waals surface area contributed by atoms with Crippen molar-refractivity contribution >= 4 is 11.9 Å². The van der Waals surface area contributed by atoms with Crippen LogP contribution < -0.4 is 5.32 Å². The summed E-state index contributed by atoms with van der Waals surface area (Å²) in [4.78, 5) is 24.6. The molecule has 102 valence electrons. The number of carbonyl (C=O) groups is 2. The Morgan fingerprint density at radius 3 is 2.89 bits per heavy atom. The number of ether oxygens (including phenoxy) is 1. The van der Waals surface area contributed by atoms with Crippen LogP contribution in [0.1, 0.15) is 26.2 Å². The van der Waals surface area contributed by atoms with E-state index in [1.165, 1.54) is 0 Å². The van der Waals surface area contributed by atoms with Crippen molar-refractivity contribution in [2.75, 3.05) is 19.7 Å². The maximum Gasteiger partial charge on any atom is 0.305 e. The van der Waals surface area contributed by atoms with Gasteiger partial charge in [-0.15, -0.1) is 0 Å². The van der Waals surface area contributed by atoms with Gasteiger partial charge in [-0.25, -0.2) is 0 Å². The molecule has 1 aliphatic heterocycles. The van der Waals surface area contributed by atoms with Crippen LogP contribution in [0.3, 0.4) is 0 Å². The van der Waals surface area contributed by atoms with Crippen LogP contribution in [0.25, 0.3) is 0 Å². The van der Waals surface area contributed by atoms with Crippen molar-refractivity contribution in [2.24, 2.45) is 0 Å². The second-order valence-electron chi connectivity index (χ2n) is 4.85. The molecule has 0 aromatic heterocycles. The monoisotopic (exact) mass is 256 g/mol. The molecular formula is C12H20N2O4. The van der Waals surface area contributed by atoms with Gasteiger partial charge >= 0.3 is 5.97 Å². The third-order valence-electron chi connectivity index (χ3n) is 3.68. The van der Waals surface area contributed by atoms with E-state index in [2.05, 4.69) is 5.32 Å². The minimum Gasteiger partial charge on any atom is -0.481 e. The lowest BCUT2D eigenvalue weighted by Crippen LogP contribution is -2.62. The first-order valence-electron chi connectivity index (χ1n) is 6.48. The van der Waals surface area contributed by atoms with E-state index in [9.17, 15) is 9.59 Å². The third-order valence-corrected chi connectivity index (χ3v) is 3.68. The fourth-order valence-electron chi connectivity index (χ4n) is 2.73. The summed E-state index contributed by atoms with van der Waals surface area (Å²) in [6.45, 7) is 4.00. The number of hydrogen-bond acceptors (Lipinski definition) is 4. The average Bonchev–Trinajstić information content (AvgIpc) is 2.26. The summed E-state index contributed by atoms with van der Waals surface area (Å²) in [6, 6.07) is -0.235. The molecule has 6 heteroatoms. The molecule has 1 aliphatic carbocycles. The van der Waals surface area contributed by atoms with Gasteiger partial charge < -0.3 is 15.2 Å². The van der Waals surface area contributed by atoms with Crippen LogP contribution in [0.2, 0.25) is 0 Å². The second-order valence-corrected chi connectivity index (χ2v) is 4.85. The summed E-state index contributed by atoms with van der Waals surface area (Å²) in [7, 11) is 0. The van der Waals surface area contributed by atoms with Gasteiger partial charge in [-0.3, -0.25) is 14.5 Å². The molecule has 2 fully saturated rings. The maximum atomic E-state index is 11.7. The lowest BCUT2D eigenvalue weighted by molar-refractivity contribution is -0.146. The van der Waals surface area contributed by atoms with Crippen molar-refractivity contribution in [2.45, 2.75) is 44.4 Å². The minimum absolute atomic E-state index is 0.123. The predicted octanol–water partition coefficient (Wildman–Crippen LogP) is -0.171. The second kappa shape index (κ2) is 5.67. The van der Waals surface area contributed by atoms with Gasteiger partial charge in [0.05, 0.1) is 18.6 Å². The van der Waals surface area contributed by atoms with Crippen LogP contribution >= 0.6 is 0 Å². The molecule has 0 aromatic carbocycles. The highest BCUT2D eigenvalue weighted by molar-refractivity contribution is 5.86. The Hall–Kier alpha value is -1.14. The molecule has 18 heavy (non-hydrogen) atoms. The Morgan fingerprint density at radius 2 is 2.28 bits per heavy atom. The van der Waals surface area contributed by atoms with Gasteiger partial charge in [-0.1, -0.05) is 0 Å². The van der Waals surface area contributed by atoms with Crippen LogP contribution in [-0.4, -0.2) is 59.8 Å². The van der Waals surface area contributed by atoms with Crippen LogP contribution in [0, 0.1) is 0 Å². The summed E-state index contributed by atoms with van der Waals surface area (Å²) in [6.07, 6.45) is 1.95. The molecule has 0 aromatic rings. The lowest BCUT2D eigenvalue weighted by atomic mass is 9.86. The highest BCUT2D eigenvalue weighted by Gasteiger charge is 2.41. The van der Waals surface area contributed by atoms with Gasteiger partial charge in [-0.2, -0.15) is 0 Å². The summed E-state index contributed by atoms with van der Waals surface area (Å²) >= 11 is 0. The number of carboxylic acid groups (broad SMARTS) is 1. The Balaban J connectivity index is 1.92. The van der Waals surface area contributed by atoms with E-state index in [1.54, 1.807) is 0 Å². The van der Waals surface area contributed by atoms with E-state index >= 15 is 0 Å². The molecule has 0 bridgehead atoms. The maximum absolute atomic E-state index is 11.7. The van der Waals surface area contributed by atoms with Crippen molar-refractivity contribution in [3.63, 3.8) is 0 Å². The first-order valence-corrected chi connectivity index (χ1v) is 6.48. The predicted molar refractivity (Wildman–Crippen MR) is 64.2 cm³/mol. The van der Waals surface area contributed by atoms with Crippen molar-refractivity contribution in [3.05, 3.63) is 0 Å². The lowest BCUT2D eigenvalue weighted by Gasteiger charge is -2.47. The third kappa shape index (κ3) is 2.81. The van der Waals surface area contributed by atoms with E-state index in [0.717, 1.165) is 19.4 Å². The molecule has 1 unspecified atom stereocenters. The average molecular weight is 256 g/mol. The normalized spacial score (nSPS) is 32.7. The van der Waals surface area contributed by atoms with Crippen LogP contribution in [-0.2, 0) is 14.3 Å². The SMILES string of the molecule is CCOC1CC(N2CCNC(=O)C2CC(=O)O)C1. The Bertz CT molecular complexity index is 328. The molecule has 1 saturated carbocycles.